The number of nitrogens with two attached hydrogens (primary N) is 1. The lowest BCUT2D eigenvalue weighted by Crippen LogP contribution is -2.13. The van der Waals surface area contributed by atoms with Gasteiger partial charge in [0.05, 0.1) is 6.26 Å². The van der Waals surface area contributed by atoms with E-state index in [-0.39, 0.29) is 11.9 Å². The average molecular weight is 334 g/mol. The Balaban J connectivity index is 1.91. The van der Waals surface area contributed by atoms with Crippen LogP contribution in [0.15, 0.2) is 57.6 Å². The highest BCUT2D eigenvalue weighted by Crippen LogP contribution is 2.27. The molecule has 3 aromatic rings. The molecule has 0 radical (unpaired) electrons. The van der Waals surface area contributed by atoms with Crippen LogP contribution in [0.2, 0.25) is 0 Å². The highest BCUT2D eigenvalue weighted by Gasteiger charge is 2.14. The molecule has 102 valence electrons. The summed E-state index contributed by atoms with van der Waals surface area (Å²) in [5, 5.41) is 1.01. The molecule has 2 N–H and O–H groups in total. The van der Waals surface area contributed by atoms with E-state index >= 15 is 0 Å². The lowest BCUT2D eigenvalue weighted by molar-refractivity contribution is 0.597. The Morgan fingerprint density at radius 1 is 1.20 bits per heavy atom. The Hall–Kier alpha value is -1.65. The Morgan fingerprint density at radius 3 is 2.80 bits per heavy atom. The standard InChI is InChI=1S/C16H13BrFNO/c17-11-5-10(6-12(18)8-11)7-15(19)14-9-20-16-4-2-1-3-13(14)16/h1-6,8-9,15H,7,19H2. The number of para-hydroxylation sites is 1. The second-order valence-electron chi connectivity index (χ2n) is 4.78. The molecule has 1 heterocycles. The van der Waals surface area contributed by atoms with E-state index in [0.29, 0.717) is 6.42 Å². The number of furan rings is 1. The van der Waals surface area contributed by atoms with Crippen molar-refractivity contribution in [2.75, 3.05) is 0 Å². The summed E-state index contributed by atoms with van der Waals surface area (Å²) in [4.78, 5) is 0. The van der Waals surface area contributed by atoms with Crippen LogP contribution in [0.5, 0.6) is 0 Å². The third-order valence-electron chi connectivity index (χ3n) is 3.29. The molecule has 1 aromatic heterocycles. The minimum atomic E-state index is -0.265. The van der Waals surface area contributed by atoms with E-state index in [1.54, 1.807) is 6.26 Å². The summed E-state index contributed by atoms with van der Waals surface area (Å²) in [7, 11) is 0. The zero-order valence-electron chi connectivity index (χ0n) is 10.6. The second-order valence-corrected chi connectivity index (χ2v) is 5.69. The van der Waals surface area contributed by atoms with Crippen LogP contribution in [0.4, 0.5) is 4.39 Å². The van der Waals surface area contributed by atoms with Crippen molar-refractivity contribution in [3.63, 3.8) is 0 Å². The molecule has 0 bridgehead atoms. The predicted octanol–water partition coefficient (Wildman–Crippen LogP) is 4.58. The van der Waals surface area contributed by atoms with Crippen molar-refractivity contribution in [3.05, 3.63) is 70.1 Å². The molecule has 0 aliphatic rings. The largest absolute Gasteiger partial charge is 0.464 e. The quantitative estimate of drug-likeness (QED) is 0.762. The van der Waals surface area contributed by atoms with Crippen LogP contribution in [0.3, 0.4) is 0 Å². The molecule has 0 aliphatic carbocycles. The minimum absolute atomic E-state index is 0.229. The molecule has 0 saturated heterocycles. The van der Waals surface area contributed by atoms with Crippen LogP contribution >= 0.6 is 15.9 Å². The maximum Gasteiger partial charge on any atom is 0.134 e. The van der Waals surface area contributed by atoms with Crippen LogP contribution in [-0.2, 0) is 6.42 Å². The van der Waals surface area contributed by atoms with Crippen molar-refractivity contribution in [1.82, 2.24) is 0 Å². The van der Waals surface area contributed by atoms with Crippen LogP contribution in [0.1, 0.15) is 17.2 Å². The van der Waals surface area contributed by atoms with E-state index < -0.39 is 0 Å². The van der Waals surface area contributed by atoms with E-state index in [1.807, 2.05) is 30.3 Å². The van der Waals surface area contributed by atoms with Gasteiger partial charge in [-0.25, -0.2) is 4.39 Å². The van der Waals surface area contributed by atoms with Gasteiger partial charge < -0.3 is 10.2 Å². The van der Waals surface area contributed by atoms with Gasteiger partial charge in [0, 0.05) is 21.5 Å². The summed E-state index contributed by atoms with van der Waals surface area (Å²) in [5.74, 6) is -0.265. The fraction of sp³-hybridized carbons (Fsp3) is 0.125. The van der Waals surface area contributed by atoms with Crippen molar-refractivity contribution >= 4 is 26.9 Å². The molecule has 20 heavy (non-hydrogen) atoms. The summed E-state index contributed by atoms with van der Waals surface area (Å²) in [5.41, 5.74) is 8.86. The molecular formula is C16H13BrFNO. The smallest absolute Gasteiger partial charge is 0.134 e. The molecule has 2 aromatic carbocycles. The zero-order valence-corrected chi connectivity index (χ0v) is 12.2. The Labute approximate surface area is 124 Å². The third kappa shape index (κ3) is 2.62. The summed E-state index contributed by atoms with van der Waals surface area (Å²) in [6.45, 7) is 0. The Bertz CT molecular complexity index is 733. The number of hydrogen-bond donors (Lipinski definition) is 1. The second kappa shape index (κ2) is 5.38. The maximum atomic E-state index is 13.4. The van der Waals surface area contributed by atoms with Crippen molar-refractivity contribution in [2.24, 2.45) is 5.73 Å². The first kappa shape index (κ1) is 13.3. The van der Waals surface area contributed by atoms with E-state index in [1.165, 1.54) is 12.1 Å². The molecule has 0 amide bonds. The molecule has 1 atom stereocenters. The molecule has 2 nitrogen and oxygen atoms in total. The average Bonchev–Trinajstić information content (AvgIpc) is 2.81. The highest BCUT2D eigenvalue weighted by atomic mass is 79.9. The number of fused-ring (bicyclic) bond motifs is 1. The maximum absolute atomic E-state index is 13.4. The van der Waals surface area contributed by atoms with Crippen molar-refractivity contribution < 1.29 is 8.81 Å². The summed E-state index contributed by atoms with van der Waals surface area (Å²) < 4.78 is 19.6. The van der Waals surface area contributed by atoms with Gasteiger partial charge in [-0.3, -0.25) is 0 Å². The van der Waals surface area contributed by atoms with Gasteiger partial charge >= 0.3 is 0 Å². The monoisotopic (exact) mass is 333 g/mol. The summed E-state index contributed by atoms with van der Waals surface area (Å²) in [6.07, 6.45) is 2.24. The normalized spacial score (nSPS) is 12.8. The van der Waals surface area contributed by atoms with Gasteiger partial charge in [0.1, 0.15) is 11.4 Å². The minimum Gasteiger partial charge on any atom is -0.464 e. The van der Waals surface area contributed by atoms with Crippen LogP contribution in [0, 0.1) is 5.82 Å². The van der Waals surface area contributed by atoms with Crippen LogP contribution < -0.4 is 5.73 Å². The highest BCUT2D eigenvalue weighted by molar-refractivity contribution is 9.10. The number of rotatable bonds is 3. The van der Waals surface area contributed by atoms with Gasteiger partial charge in [0.15, 0.2) is 0 Å². The van der Waals surface area contributed by atoms with Gasteiger partial charge in [0.2, 0.25) is 0 Å². The first-order valence-corrected chi connectivity index (χ1v) is 7.09. The van der Waals surface area contributed by atoms with Gasteiger partial charge in [-0.05, 0) is 36.2 Å². The van der Waals surface area contributed by atoms with Crippen LogP contribution in [-0.4, -0.2) is 0 Å². The van der Waals surface area contributed by atoms with Crippen LogP contribution in [0.25, 0.3) is 11.0 Å². The lowest BCUT2D eigenvalue weighted by Gasteiger charge is -2.11. The van der Waals surface area contributed by atoms with Gasteiger partial charge in [-0.2, -0.15) is 0 Å². The zero-order chi connectivity index (χ0) is 14.1. The molecule has 0 fully saturated rings. The molecule has 3 rings (SSSR count). The van der Waals surface area contributed by atoms with E-state index in [0.717, 1.165) is 26.6 Å². The van der Waals surface area contributed by atoms with E-state index in [9.17, 15) is 4.39 Å². The third-order valence-corrected chi connectivity index (χ3v) is 3.75. The topological polar surface area (TPSA) is 39.2 Å². The molecule has 0 aliphatic heterocycles. The molecule has 1 unspecified atom stereocenters. The number of benzene rings is 2. The fourth-order valence-electron chi connectivity index (χ4n) is 2.38. The first-order valence-electron chi connectivity index (χ1n) is 6.30. The van der Waals surface area contributed by atoms with E-state index in [2.05, 4.69) is 15.9 Å². The lowest BCUT2D eigenvalue weighted by atomic mass is 9.99. The summed E-state index contributed by atoms with van der Waals surface area (Å²) in [6, 6.07) is 12.4. The number of hydrogen-bond acceptors (Lipinski definition) is 2. The van der Waals surface area contributed by atoms with Crippen molar-refractivity contribution in [1.29, 1.82) is 0 Å². The SMILES string of the molecule is NC(Cc1cc(F)cc(Br)c1)c1coc2ccccc12. The van der Waals surface area contributed by atoms with E-state index in [4.69, 9.17) is 10.2 Å². The fourth-order valence-corrected chi connectivity index (χ4v) is 2.89. The first-order chi connectivity index (χ1) is 9.63. The van der Waals surface area contributed by atoms with Gasteiger partial charge in [0.25, 0.3) is 0 Å². The Kier molecular flexibility index (Phi) is 3.59. The molecule has 0 saturated carbocycles. The van der Waals surface area contributed by atoms with Gasteiger partial charge in [-0.1, -0.05) is 34.1 Å². The Morgan fingerprint density at radius 2 is 2.00 bits per heavy atom. The predicted molar refractivity (Wildman–Crippen MR) is 80.9 cm³/mol. The molecular weight excluding hydrogens is 321 g/mol. The van der Waals surface area contributed by atoms with Crippen molar-refractivity contribution in [3.8, 4) is 0 Å². The number of halogens is 2. The molecule has 4 heteroatoms. The van der Waals surface area contributed by atoms with Gasteiger partial charge in [-0.15, -0.1) is 0 Å². The summed E-state index contributed by atoms with van der Waals surface area (Å²) >= 11 is 3.29. The molecule has 0 spiro atoms. The van der Waals surface area contributed by atoms with Crippen molar-refractivity contribution in [2.45, 2.75) is 12.5 Å².